The van der Waals surface area contributed by atoms with Crippen molar-refractivity contribution in [2.75, 3.05) is 6.61 Å². The Kier molecular flexibility index (Phi) is 3.98. The molecule has 16 heavy (non-hydrogen) atoms. The van der Waals surface area contributed by atoms with Crippen LogP contribution >= 0.6 is 11.3 Å². The summed E-state index contributed by atoms with van der Waals surface area (Å²) >= 11 is 1.15. The van der Waals surface area contributed by atoms with Gasteiger partial charge in [0.2, 0.25) is 0 Å². The molecule has 90 valence electrons. The van der Waals surface area contributed by atoms with E-state index in [4.69, 9.17) is 5.73 Å². The number of alkyl halides is 2. The van der Waals surface area contributed by atoms with Crippen LogP contribution in [0, 0.1) is 6.92 Å². The summed E-state index contributed by atoms with van der Waals surface area (Å²) in [6.45, 7) is 3.16. The number of esters is 1. The lowest BCUT2D eigenvalue weighted by Crippen LogP contribution is -2.41. The van der Waals surface area contributed by atoms with E-state index in [0.29, 0.717) is 0 Å². The fourth-order valence-electron chi connectivity index (χ4n) is 1.15. The maximum absolute atomic E-state index is 13.5. The molecular weight excluding hydrogens is 236 g/mol. The van der Waals surface area contributed by atoms with Gasteiger partial charge < -0.3 is 10.5 Å². The first-order valence-electron chi connectivity index (χ1n) is 4.76. The number of halogens is 2. The molecule has 1 atom stereocenters. The summed E-state index contributed by atoms with van der Waals surface area (Å²) in [6, 6.07) is 1.53. The van der Waals surface area contributed by atoms with Gasteiger partial charge in [0.05, 0.1) is 6.61 Å². The second-order valence-electron chi connectivity index (χ2n) is 3.27. The largest absolute Gasteiger partial charge is 0.462 e. The van der Waals surface area contributed by atoms with Crippen molar-refractivity contribution in [3.63, 3.8) is 0 Å². The van der Waals surface area contributed by atoms with Crippen LogP contribution in [-0.4, -0.2) is 18.5 Å². The molecule has 3 nitrogen and oxygen atoms in total. The van der Waals surface area contributed by atoms with E-state index in [-0.39, 0.29) is 11.5 Å². The van der Waals surface area contributed by atoms with Crippen LogP contribution in [0.3, 0.4) is 0 Å². The molecule has 0 bridgehead atoms. The topological polar surface area (TPSA) is 52.3 Å². The predicted octanol–water partition coefficient (Wildman–Crippen LogP) is 2.25. The molecule has 0 aromatic carbocycles. The van der Waals surface area contributed by atoms with Crippen molar-refractivity contribution < 1.29 is 18.3 Å². The number of ether oxygens (including phenoxy) is 1. The van der Waals surface area contributed by atoms with Crippen LogP contribution in [0.1, 0.15) is 22.7 Å². The number of hydrogen-bond acceptors (Lipinski definition) is 4. The zero-order valence-corrected chi connectivity index (χ0v) is 9.81. The average molecular weight is 249 g/mol. The summed E-state index contributed by atoms with van der Waals surface area (Å²) in [5.74, 6) is -5.26. The van der Waals surface area contributed by atoms with Gasteiger partial charge in [0.1, 0.15) is 6.04 Å². The van der Waals surface area contributed by atoms with Gasteiger partial charge in [-0.25, -0.2) is 4.79 Å². The van der Waals surface area contributed by atoms with Crippen LogP contribution < -0.4 is 5.73 Å². The lowest BCUT2D eigenvalue weighted by Gasteiger charge is -2.20. The zero-order chi connectivity index (χ0) is 12.3. The first-order chi connectivity index (χ1) is 7.39. The van der Waals surface area contributed by atoms with E-state index in [1.54, 1.807) is 13.0 Å². The number of nitrogens with two attached hydrogens (primary N) is 1. The molecule has 0 amide bonds. The molecule has 0 radical (unpaired) electrons. The molecule has 0 aliphatic rings. The highest BCUT2D eigenvalue weighted by Gasteiger charge is 2.48. The van der Waals surface area contributed by atoms with Gasteiger partial charge in [-0.2, -0.15) is 8.78 Å². The van der Waals surface area contributed by atoms with Crippen molar-refractivity contribution >= 4 is 17.3 Å². The normalized spacial score (nSPS) is 13.6. The summed E-state index contributed by atoms with van der Waals surface area (Å²) in [7, 11) is 0. The van der Waals surface area contributed by atoms with Crippen LogP contribution in [-0.2, 0) is 9.53 Å². The molecular formula is C10H13F2NO2S. The number of aryl methyl sites for hydroxylation is 1. The highest BCUT2D eigenvalue weighted by atomic mass is 32.1. The lowest BCUT2D eigenvalue weighted by atomic mass is 10.1. The average Bonchev–Trinajstić information content (AvgIpc) is 2.64. The van der Waals surface area contributed by atoms with Gasteiger partial charge in [0.25, 0.3) is 0 Å². The van der Waals surface area contributed by atoms with Crippen LogP contribution in [0.15, 0.2) is 12.1 Å². The van der Waals surface area contributed by atoms with Gasteiger partial charge in [-0.1, -0.05) is 0 Å². The van der Waals surface area contributed by atoms with E-state index in [9.17, 15) is 13.6 Å². The SMILES string of the molecule is CCOC(=O)C(F)(F)[C@H](N)c1ccc(C)s1. The summed E-state index contributed by atoms with van der Waals surface area (Å²) in [5.41, 5.74) is 5.38. The highest BCUT2D eigenvalue weighted by molar-refractivity contribution is 7.12. The molecule has 1 heterocycles. The van der Waals surface area contributed by atoms with Crippen LogP contribution in [0.25, 0.3) is 0 Å². The molecule has 0 unspecified atom stereocenters. The third kappa shape index (κ3) is 2.56. The van der Waals surface area contributed by atoms with E-state index in [1.165, 1.54) is 13.0 Å². The smallest absolute Gasteiger partial charge is 0.379 e. The minimum atomic E-state index is -3.69. The maximum atomic E-state index is 13.5. The van der Waals surface area contributed by atoms with E-state index >= 15 is 0 Å². The minimum Gasteiger partial charge on any atom is -0.462 e. The lowest BCUT2D eigenvalue weighted by molar-refractivity contribution is -0.174. The third-order valence-electron chi connectivity index (χ3n) is 2.01. The van der Waals surface area contributed by atoms with Crippen molar-refractivity contribution in [3.05, 3.63) is 21.9 Å². The van der Waals surface area contributed by atoms with Crippen LogP contribution in [0.5, 0.6) is 0 Å². The summed E-state index contributed by atoms with van der Waals surface area (Å²) < 4.78 is 31.3. The van der Waals surface area contributed by atoms with E-state index in [0.717, 1.165) is 16.2 Å². The Morgan fingerprint density at radius 1 is 1.62 bits per heavy atom. The van der Waals surface area contributed by atoms with Gasteiger partial charge in [-0.15, -0.1) is 11.3 Å². The predicted molar refractivity (Wildman–Crippen MR) is 57.6 cm³/mol. The molecule has 2 N–H and O–H groups in total. The molecule has 1 aromatic rings. The van der Waals surface area contributed by atoms with Crippen LogP contribution in [0.4, 0.5) is 8.78 Å². The molecule has 1 rings (SSSR count). The second-order valence-corrected chi connectivity index (χ2v) is 4.59. The number of hydrogen-bond donors (Lipinski definition) is 1. The number of thiophene rings is 1. The van der Waals surface area contributed by atoms with Crippen molar-refractivity contribution in [2.45, 2.75) is 25.8 Å². The summed E-state index contributed by atoms with van der Waals surface area (Å²) in [6.07, 6.45) is 0. The zero-order valence-electron chi connectivity index (χ0n) is 9.00. The maximum Gasteiger partial charge on any atom is 0.379 e. The molecule has 6 heteroatoms. The van der Waals surface area contributed by atoms with Gasteiger partial charge in [0.15, 0.2) is 0 Å². The van der Waals surface area contributed by atoms with Gasteiger partial charge >= 0.3 is 11.9 Å². The van der Waals surface area contributed by atoms with Gasteiger partial charge in [0, 0.05) is 9.75 Å². The molecule has 0 saturated carbocycles. The standard InChI is InChI=1S/C10H13F2NO2S/c1-3-15-9(14)10(11,12)8(13)7-5-4-6(2)16-7/h4-5,8H,3,13H2,1-2H3/t8-/m1/s1. The molecule has 1 aromatic heterocycles. The Balaban J connectivity index is 2.87. The number of carbonyl (C=O) groups is 1. The van der Waals surface area contributed by atoms with Gasteiger partial charge in [-0.3, -0.25) is 0 Å². The Labute approximate surface area is 96.2 Å². The fraction of sp³-hybridized carbons (Fsp3) is 0.500. The highest BCUT2D eigenvalue weighted by Crippen LogP contribution is 2.34. The Morgan fingerprint density at radius 2 is 2.25 bits per heavy atom. The van der Waals surface area contributed by atoms with E-state index in [2.05, 4.69) is 4.74 Å². The fourth-order valence-corrected chi connectivity index (χ4v) is 2.07. The molecule has 0 aliphatic heterocycles. The van der Waals surface area contributed by atoms with Crippen molar-refractivity contribution in [2.24, 2.45) is 5.73 Å². The Hall–Kier alpha value is -1.01. The van der Waals surface area contributed by atoms with Gasteiger partial charge in [-0.05, 0) is 26.0 Å². The van der Waals surface area contributed by atoms with Crippen molar-refractivity contribution in [3.8, 4) is 0 Å². The first kappa shape index (κ1) is 13.1. The number of rotatable bonds is 4. The summed E-state index contributed by atoms with van der Waals surface area (Å²) in [4.78, 5) is 12.2. The van der Waals surface area contributed by atoms with Crippen molar-refractivity contribution in [1.82, 2.24) is 0 Å². The van der Waals surface area contributed by atoms with Crippen molar-refractivity contribution in [1.29, 1.82) is 0 Å². The van der Waals surface area contributed by atoms with Crippen LogP contribution in [0.2, 0.25) is 0 Å². The third-order valence-corrected chi connectivity index (χ3v) is 3.09. The Bertz CT molecular complexity index is 379. The second kappa shape index (κ2) is 4.88. The van der Waals surface area contributed by atoms with E-state index < -0.39 is 17.9 Å². The number of carbonyl (C=O) groups excluding carboxylic acids is 1. The minimum absolute atomic E-state index is 0.0926. The monoisotopic (exact) mass is 249 g/mol. The molecule has 0 fully saturated rings. The molecule has 0 saturated heterocycles. The molecule has 0 spiro atoms. The first-order valence-corrected chi connectivity index (χ1v) is 5.58. The quantitative estimate of drug-likeness (QED) is 0.833. The Morgan fingerprint density at radius 3 is 2.69 bits per heavy atom. The van der Waals surface area contributed by atoms with E-state index in [1.807, 2.05) is 0 Å². The molecule has 0 aliphatic carbocycles. The summed E-state index contributed by atoms with van der Waals surface area (Å²) in [5, 5.41) is 0.